The van der Waals surface area contributed by atoms with E-state index in [0.29, 0.717) is 18.9 Å². The summed E-state index contributed by atoms with van der Waals surface area (Å²) < 4.78 is 5.53. The van der Waals surface area contributed by atoms with Crippen LogP contribution in [0.4, 0.5) is 5.69 Å². The predicted molar refractivity (Wildman–Crippen MR) is 111 cm³/mol. The third kappa shape index (κ3) is 5.71. The Morgan fingerprint density at radius 3 is 2.68 bits per heavy atom. The van der Waals surface area contributed by atoms with Crippen molar-refractivity contribution < 1.29 is 14.3 Å². The lowest BCUT2D eigenvalue weighted by Crippen LogP contribution is -2.39. The fourth-order valence-electron chi connectivity index (χ4n) is 3.98. The van der Waals surface area contributed by atoms with E-state index in [9.17, 15) is 9.59 Å². The van der Waals surface area contributed by atoms with Crippen LogP contribution in [0.25, 0.3) is 0 Å². The summed E-state index contributed by atoms with van der Waals surface area (Å²) in [5.41, 5.74) is 1.79. The molecular formula is C22H33N3O3. The molecule has 3 rings (SSSR count). The Kier molecular flexibility index (Phi) is 7.31. The van der Waals surface area contributed by atoms with Crippen LogP contribution in [-0.4, -0.2) is 63.2 Å². The van der Waals surface area contributed by atoms with E-state index in [1.807, 2.05) is 48.2 Å². The molecule has 154 valence electrons. The normalized spacial score (nSPS) is 20.2. The number of ether oxygens (including phenoxy) is 1. The third-order valence-corrected chi connectivity index (χ3v) is 5.84. The molecule has 2 aliphatic rings. The third-order valence-electron chi connectivity index (χ3n) is 5.84. The van der Waals surface area contributed by atoms with Crippen LogP contribution in [0.2, 0.25) is 0 Å². The molecule has 1 aromatic rings. The van der Waals surface area contributed by atoms with Crippen LogP contribution < -0.4 is 10.2 Å². The number of hydrogen-bond donors (Lipinski definition) is 1. The van der Waals surface area contributed by atoms with Crippen molar-refractivity contribution in [2.45, 2.75) is 44.6 Å². The first kappa shape index (κ1) is 20.6. The van der Waals surface area contributed by atoms with Gasteiger partial charge in [0.15, 0.2) is 0 Å². The first-order valence-electron chi connectivity index (χ1n) is 10.5. The van der Waals surface area contributed by atoms with E-state index in [1.165, 1.54) is 0 Å². The highest BCUT2D eigenvalue weighted by atomic mass is 16.5. The molecule has 2 heterocycles. The van der Waals surface area contributed by atoms with E-state index in [2.05, 4.69) is 5.32 Å². The van der Waals surface area contributed by atoms with Gasteiger partial charge >= 0.3 is 0 Å². The summed E-state index contributed by atoms with van der Waals surface area (Å²) in [4.78, 5) is 28.8. The van der Waals surface area contributed by atoms with Crippen molar-refractivity contribution in [2.75, 3.05) is 45.2 Å². The topological polar surface area (TPSA) is 61.9 Å². The van der Waals surface area contributed by atoms with Gasteiger partial charge in [0, 0.05) is 58.0 Å². The summed E-state index contributed by atoms with van der Waals surface area (Å²) in [5, 5.41) is 2.99. The van der Waals surface area contributed by atoms with Crippen molar-refractivity contribution in [2.24, 2.45) is 5.92 Å². The maximum Gasteiger partial charge on any atom is 0.253 e. The van der Waals surface area contributed by atoms with Gasteiger partial charge in [-0.2, -0.15) is 0 Å². The number of amides is 2. The quantitative estimate of drug-likeness (QED) is 0.781. The van der Waals surface area contributed by atoms with Gasteiger partial charge in [0.1, 0.15) is 0 Å². The maximum atomic E-state index is 12.8. The Labute approximate surface area is 168 Å². The Morgan fingerprint density at radius 1 is 1.21 bits per heavy atom. The molecule has 2 amide bonds. The number of likely N-dealkylation sites (tertiary alicyclic amines) is 1. The minimum Gasteiger partial charge on any atom is -0.378 e. The molecule has 0 unspecified atom stereocenters. The average molecular weight is 388 g/mol. The molecule has 28 heavy (non-hydrogen) atoms. The van der Waals surface area contributed by atoms with Crippen molar-refractivity contribution >= 4 is 17.5 Å². The minimum atomic E-state index is 0.108. The van der Waals surface area contributed by atoms with Crippen LogP contribution in [0, 0.1) is 5.92 Å². The average Bonchev–Trinajstić information content (AvgIpc) is 3.24. The number of piperidine rings is 1. The van der Waals surface area contributed by atoms with Gasteiger partial charge < -0.3 is 19.9 Å². The highest BCUT2D eigenvalue weighted by Gasteiger charge is 2.24. The minimum absolute atomic E-state index is 0.108. The van der Waals surface area contributed by atoms with Gasteiger partial charge in [-0.05, 0) is 56.2 Å². The van der Waals surface area contributed by atoms with Crippen LogP contribution in [0.15, 0.2) is 24.3 Å². The molecule has 0 aliphatic carbocycles. The number of rotatable bonds is 7. The van der Waals surface area contributed by atoms with Gasteiger partial charge in [-0.1, -0.05) is 6.07 Å². The standard InChI is InChI=1S/C22H33N3O3/c1-24(2)19-6-3-5-18(15-19)22(27)25-12-10-17(11-13-25)8-9-21(26)23-16-20-7-4-14-28-20/h3,5-6,15,17,20H,4,7-14,16H2,1-2H3,(H,23,26)/t20-/m0/s1. The summed E-state index contributed by atoms with van der Waals surface area (Å²) in [6.07, 6.45) is 5.74. The van der Waals surface area contributed by atoms with E-state index < -0.39 is 0 Å². The largest absolute Gasteiger partial charge is 0.378 e. The van der Waals surface area contributed by atoms with Crippen LogP contribution in [0.1, 0.15) is 48.9 Å². The number of nitrogens with zero attached hydrogens (tertiary/aromatic N) is 2. The molecule has 2 aliphatic heterocycles. The number of hydrogen-bond acceptors (Lipinski definition) is 4. The number of anilines is 1. The number of benzene rings is 1. The molecule has 1 aromatic carbocycles. The van der Waals surface area contributed by atoms with Crippen molar-refractivity contribution in [3.8, 4) is 0 Å². The maximum absolute atomic E-state index is 12.8. The van der Waals surface area contributed by atoms with E-state index in [0.717, 1.165) is 63.1 Å². The predicted octanol–water partition coefficient (Wildman–Crippen LogP) is 2.68. The molecule has 0 radical (unpaired) electrons. The molecule has 1 N–H and O–H groups in total. The lowest BCUT2D eigenvalue weighted by molar-refractivity contribution is -0.122. The fourth-order valence-corrected chi connectivity index (χ4v) is 3.98. The molecule has 2 fully saturated rings. The van der Waals surface area contributed by atoms with Crippen molar-refractivity contribution in [3.63, 3.8) is 0 Å². The molecule has 0 aromatic heterocycles. The van der Waals surface area contributed by atoms with Gasteiger partial charge in [-0.25, -0.2) is 0 Å². The summed E-state index contributed by atoms with van der Waals surface area (Å²) in [6.45, 7) is 3.00. The van der Waals surface area contributed by atoms with Crippen molar-refractivity contribution in [3.05, 3.63) is 29.8 Å². The van der Waals surface area contributed by atoms with Gasteiger partial charge in [-0.15, -0.1) is 0 Å². The van der Waals surface area contributed by atoms with Crippen LogP contribution in [-0.2, 0) is 9.53 Å². The second kappa shape index (κ2) is 9.92. The second-order valence-corrected chi connectivity index (χ2v) is 8.16. The molecule has 0 spiro atoms. The van der Waals surface area contributed by atoms with E-state index in [4.69, 9.17) is 4.74 Å². The molecular weight excluding hydrogens is 354 g/mol. The monoisotopic (exact) mass is 387 g/mol. The van der Waals surface area contributed by atoms with Crippen molar-refractivity contribution in [1.82, 2.24) is 10.2 Å². The Morgan fingerprint density at radius 2 is 2.00 bits per heavy atom. The molecule has 0 saturated carbocycles. The second-order valence-electron chi connectivity index (χ2n) is 8.16. The van der Waals surface area contributed by atoms with Crippen LogP contribution in [0.3, 0.4) is 0 Å². The lowest BCUT2D eigenvalue weighted by Gasteiger charge is -2.32. The first-order chi connectivity index (χ1) is 13.5. The smallest absolute Gasteiger partial charge is 0.253 e. The SMILES string of the molecule is CN(C)c1cccc(C(=O)N2CCC(CCC(=O)NC[C@@H]3CCCO3)CC2)c1. The van der Waals surface area contributed by atoms with Gasteiger partial charge in [-0.3, -0.25) is 9.59 Å². The molecule has 1 atom stereocenters. The summed E-state index contributed by atoms with van der Waals surface area (Å²) in [7, 11) is 3.96. The number of nitrogens with one attached hydrogen (secondary N) is 1. The fraction of sp³-hybridized carbons (Fsp3) is 0.636. The van der Waals surface area contributed by atoms with Crippen LogP contribution in [0.5, 0.6) is 0 Å². The van der Waals surface area contributed by atoms with E-state index in [-0.39, 0.29) is 17.9 Å². The van der Waals surface area contributed by atoms with Gasteiger partial charge in [0.25, 0.3) is 5.91 Å². The lowest BCUT2D eigenvalue weighted by atomic mass is 9.91. The summed E-state index contributed by atoms with van der Waals surface area (Å²) in [6, 6.07) is 7.78. The Bertz CT molecular complexity index is 663. The zero-order valence-electron chi connectivity index (χ0n) is 17.2. The summed E-state index contributed by atoms with van der Waals surface area (Å²) in [5.74, 6) is 0.747. The number of carbonyl (C=O) groups excluding carboxylic acids is 2. The molecule has 6 nitrogen and oxygen atoms in total. The Balaban J connectivity index is 1.38. The molecule has 6 heteroatoms. The zero-order chi connectivity index (χ0) is 19.9. The highest BCUT2D eigenvalue weighted by molar-refractivity contribution is 5.95. The van der Waals surface area contributed by atoms with Gasteiger partial charge in [0.05, 0.1) is 6.10 Å². The van der Waals surface area contributed by atoms with E-state index in [1.54, 1.807) is 0 Å². The summed E-state index contributed by atoms with van der Waals surface area (Å²) >= 11 is 0. The highest BCUT2D eigenvalue weighted by Crippen LogP contribution is 2.24. The first-order valence-corrected chi connectivity index (χ1v) is 10.5. The Hall–Kier alpha value is -2.08. The van der Waals surface area contributed by atoms with E-state index >= 15 is 0 Å². The number of carbonyl (C=O) groups is 2. The molecule has 0 bridgehead atoms. The van der Waals surface area contributed by atoms with Crippen molar-refractivity contribution in [1.29, 1.82) is 0 Å². The van der Waals surface area contributed by atoms with Crippen LogP contribution >= 0.6 is 0 Å². The van der Waals surface area contributed by atoms with Gasteiger partial charge in [0.2, 0.25) is 5.91 Å². The molecule has 2 saturated heterocycles. The zero-order valence-corrected chi connectivity index (χ0v) is 17.2.